The first kappa shape index (κ1) is 14.6. The normalized spacial score (nSPS) is 15.6. The summed E-state index contributed by atoms with van der Waals surface area (Å²) in [7, 11) is 0. The van der Waals surface area contributed by atoms with Crippen LogP contribution in [0.5, 0.6) is 0 Å². The van der Waals surface area contributed by atoms with Crippen molar-refractivity contribution < 1.29 is 4.92 Å². The van der Waals surface area contributed by atoms with Gasteiger partial charge in [-0.05, 0) is 0 Å². The zero-order chi connectivity index (χ0) is 14.4. The molecule has 0 unspecified atom stereocenters. The summed E-state index contributed by atoms with van der Waals surface area (Å²) in [6.07, 6.45) is 1.34. The Morgan fingerprint density at radius 3 is 2.95 bits per heavy atom. The van der Waals surface area contributed by atoms with E-state index in [0.717, 1.165) is 31.1 Å². The number of rotatable bonds is 5. The lowest BCUT2D eigenvalue weighted by Crippen LogP contribution is -2.36. The van der Waals surface area contributed by atoms with Crippen molar-refractivity contribution in [3.63, 3.8) is 0 Å². The lowest BCUT2D eigenvalue weighted by molar-refractivity contribution is -0.384. The Bertz CT molecular complexity index is 525. The van der Waals surface area contributed by atoms with E-state index < -0.39 is 4.92 Å². The highest BCUT2D eigenvalue weighted by molar-refractivity contribution is 7.99. The number of pyridine rings is 1. The van der Waals surface area contributed by atoms with Crippen LogP contribution in [-0.2, 0) is 0 Å². The van der Waals surface area contributed by atoms with E-state index in [0.29, 0.717) is 6.54 Å². The van der Waals surface area contributed by atoms with E-state index in [-0.39, 0.29) is 17.1 Å². The number of hydrogen-bond acceptors (Lipinski definition) is 7. The monoisotopic (exact) mass is 293 g/mol. The van der Waals surface area contributed by atoms with Gasteiger partial charge in [0, 0.05) is 49.9 Å². The molecule has 2 heterocycles. The van der Waals surface area contributed by atoms with Gasteiger partial charge in [-0.1, -0.05) is 0 Å². The fourth-order valence-corrected chi connectivity index (χ4v) is 2.93. The second-order valence-electron chi connectivity index (χ2n) is 4.34. The van der Waals surface area contributed by atoms with Gasteiger partial charge >= 0.3 is 5.69 Å². The Kier molecular flexibility index (Phi) is 5.15. The molecule has 1 aliphatic heterocycles. The Morgan fingerprint density at radius 1 is 1.55 bits per heavy atom. The van der Waals surface area contributed by atoms with Gasteiger partial charge < -0.3 is 5.32 Å². The van der Waals surface area contributed by atoms with Crippen LogP contribution in [0.4, 0.5) is 11.5 Å². The van der Waals surface area contributed by atoms with Crippen molar-refractivity contribution in [2.24, 2.45) is 0 Å². The summed E-state index contributed by atoms with van der Waals surface area (Å²) in [5.74, 6) is 2.49. The molecule has 0 aliphatic carbocycles. The molecule has 0 bridgehead atoms. The highest BCUT2D eigenvalue weighted by Crippen LogP contribution is 2.22. The maximum absolute atomic E-state index is 11.0. The molecule has 2 rings (SSSR count). The zero-order valence-corrected chi connectivity index (χ0v) is 11.7. The molecular formula is C12H15N5O2S. The van der Waals surface area contributed by atoms with E-state index >= 15 is 0 Å². The van der Waals surface area contributed by atoms with Crippen LogP contribution in [0, 0.1) is 21.4 Å². The molecule has 0 amide bonds. The molecule has 8 heteroatoms. The van der Waals surface area contributed by atoms with Gasteiger partial charge in [0.2, 0.25) is 5.82 Å². The second-order valence-corrected chi connectivity index (χ2v) is 5.57. The number of nitro groups is 1. The third kappa shape index (κ3) is 3.82. The van der Waals surface area contributed by atoms with Gasteiger partial charge in [0.05, 0.1) is 10.5 Å². The quantitative estimate of drug-likeness (QED) is 0.646. The Morgan fingerprint density at radius 2 is 2.30 bits per heavy atom. The number of nitriles is 1. The van der Waals surface area contributed by atoms with Gasteiger partial charge in [-0.2, -0.15) is 17.0 Å². The van der Waals surface area contributed by atoms with Crippen molar-refractivity contribution in [2.45, 2.75) is 0 Å². The minimum absolute atomic E-state index is 0.154. The maximum atomic E-state index is 11.0. The molecule has 106 valence electrons. The molecule has 1 aromatic heterocycles. The zero-order valence-electron chi connectivity index (χ0n) is 10.9. The fourth-order valence-electron chi connectivity index (χ4n) is 1.95. The van der Waals surface area contributed by atoms with Crippen LogP contribution in [0.2, 0.25) is 0 Å². The summed E-state index contributed by atoms with van der Waals surface area (Å²) in [5.41, 5.74) is 0.0357. The molecule has 0 aromatic carbocycles. The first-order valence-corrected chi connectivity index (χ1v) is 7.44. The summed E-state index contributed by atoms with van der Waals surface area (Å²) in [6, 6.07) is 3.09. The summed E-state index contributed by atoms with van der Waals surface area (Å²) in [5, 5.41) is 22.7. The van der Waals surface area contributed by atoms with Crippen molar-refractivity contribution in [1.82, 2.24) is 9.88 Å². The first-order chi connectivity index (χ1) is 9.70. The average molecular weight is 293 g/mol. The number of thioether (sulfide) groups is 1. The molecule has 0 saturated carbocycles. The molecular weight excluding hydrogens is 278 g/mol. The Labute approximate surface area is 121 Å². The predicted molar refractivity (Wildman–Crippen MR) is 77.9 cm³/mol. The van der Waals surface area contributed by atoms with E-state index in [1.54, 1.807) is 0 Å². The number of anilines is 1. The largest absolute Gasteiger partial charge is 0.363 e. The third-order valence-electron chi connectivity index (χ3n) is 3.02. The third-order valence-corrected chi connectivity index (χ3v) is 3.96. The summed E-state index contributed by atoms with van der Waals surface area (Å²) in [6.45, 7) is 3.54. The molecule has 1 saturated heterocycles. The van der Waals surface area contributed by atoms with Crippen LogP contribution >= 0.6 is 11.8 Å². The minimum atomic E-state index is -0.520. The van der Waals surface area contributed by atoms with E-state index in [1.165, 1.54) is 12.3 Å². The van der Waals surface area contributed by atoms with E-state index in [1.807, 2.05) is 17.8 Å². The molecule has 7 nitrogen and oxygen atoms in total. The number of aromatic nitrogens is 1. The minimum Gasteiger partial charge on any atom is -0.363 e. The second kappa shape index (κ2) is 7.07. The Hall–Kier alpha value is -1.85. The summed E-state index contributed by atoms with van der Waals surface area (Å²) < 4.78 is 0. The van der Waals surface area contributed by atoms with Crippen LogP contribution in [-0.4, -0.2) is 52.5 Å². The summed E-state index contributed by atoms with van der Waals surface area (Å²) >= 11 is 1.94. The molecule has 1 aromatic rings. The number of nitrogens with one attached hydrogen (secondary N) is 1. The first-order valence-electron chi connectivity index (χ1n) is 6.29. The van der Waals surface area contributed by atoms with E-state index in [2.05, 4.69) is 15.2 Å². The maximum Gasteiger partial charge on any atom is 0.312 e. The van der Waals surface area contributed by atoms with Crippen molar-refractivity contribution in [3.05, 3.63) is 27.9 Å². The molecule has 20 heavy (non-hydrogen) atoms. The van der Waals surface area contributed by atoms with Crippen molar-refractivity contribution in [2.75, 3.05) is 43.0 Å². The van der Waals surface area contributed by atoms with Crippen LogP contribution in [0.15, 0.2) is 12.3 Å². The standard InChI is InChI=1S/C12H15N5O2S/c13-8-10-7-11(17(18)19)12(15-9-10)14-1-2-16-3-5-20-6-4-16/h7,9H,1-6H2,(H,14,15). The van der Waals surface area contributed by atoms with Gasteiger partial charge in [0.25, 0.3) is 0 Å². The molecule has 1 N–H and O–H groups in total. The summed E-state index contributed by atoms with van der Waals surface area (Å²) in [4.78, 5) is 16.7. The fraction of sp³-hybridized carbons (Fsp3) is 0.500. The van der Waals surface area contributed by atoms with Gasteiger partial charge in [0.1, 0.15) is 6.07 Å². The van der Waals surface area contributed by atoms with Crippen LogP contribution in [0.25, 0.3) is 0 Å². The molecule has 1 aliphatic rings. The molecule has 0 atom stereocenters. The van der Waals surface area contributed by atoms with Crippen molar-refractivity contribution in [1.29, 1.82) is 5.26 Å². The lowest BCUT2D eigenvalue weighted by atomic mass is 10.3. The van der Waals surface area contributed by atoms with Gasteiger partial charge in [-0.15, -0.1) is 0 Å². The van der Waals surface area contributed by atoms with Crippen molar-refractivity contribution in [3.8, 4) is 6.07 Å². The Balaban J connectivity index is 1.94. The molecule has 0 spiro atoms. The van der Waals surface area contributed by atoms with Gasteiger partial charge in [-0.25, -0.2) is 4.98 Å². The van der Waals surface area contributed by atoms with E-state index in [9.17, 15) is 10.1 Å². The smallest absolute Gasteiger partial charge is 0.312 e. The highest BCUT2D eigenvalue weighted by Gasteiger charge is 2.16. The predicted octanol–water partition coefficient (Wildman–Crippen LogP) is 1.32. The lowest BCUT2D eigenvalue weighted by Gasteiger charge is -2.26. The van der Waals surface area contributed by atoms with E-state index in [4.69, 9.17) is 5.26 Å². The van der Waals surface area contributed by atoms with Crippen LogP contribution in [0.3, 0.4) is 0 Å². The van der Waals surface area contributed by atoms with Gasteiger partial charge in [-0.3, -0.25) is 15.0 Å². The molecule has 0 radical (unpaired) electrons. The topological polar surface area (TPSA) is 95.1 Å². The number of nitrogens with zero attached hydrogens (tertiary/aromatic N) is 4. The SMILES string of the molecule is N#Cc1cnc(NCCN2CCSCC2)c([N+](=O)[O-])c1. The average Bonchev–Trinajstić information content (AvgIpc) is 2.48. The van der Waals surface area contributed by atoms with Gasteiger partial charge in [0.15, 0.2) is 0 Å². The van der Waals surface area contributed by atoms with Crippen LogP contribution < -0.4 is 5.32 Å². The highest BCUT2D eigenvalue weighted by atomic mass is 32.2. The number of hydrogen-bond donors (Lipinski definition) is 1. The molecule has 1 fully saturated rings. The van der Waals surface area contributed by atoms with Crippen LogP contribution in [0.1, 0.15) is 5.56 Å². The van der Waals surface area contributed by atoms with Crippen molar-refractivity contribution >= 4 is 23.3 Å².